The number of halogens is 3. The molecule has 112 valence electrons. The van der Waals surface area contributed by atoms with Crippen molar-refractivity contribution in [1.29, 1.82) is 0 Å². The predicted molar refractivity (Wildman–Crippen MR) is 73.4 cm³/mol. The summed E-state index contributed by atoms with van der Waals surface area (Å²) in [5.41, 5.74) is -0.225. The molecule has 2 nitrogen and oxygen atoms in total. The number of hydrogen-bond acceptors (Lipinski definition) is 2. The second-order valence-corrected chi connectivity index (χ2v) is 6.03. The van der Waals surface area contributed by atoms with Crippen LogP contribution in [-0.4, -0.2) is 30.1 Å². The van der Waals surface area contributed by atoms with E-state index in [0.717, 1.165) is 32.1 Å². The Kier molecular flexibility index (Phi) is 4.39. The summed E-state index contributed by atoms with van der Waals surface area (Å²) in [5, 5.41) is 3.42. The SMILES string of the molecule is CC1(C)CN(Cc2ccccc2C(F)(F)F)CCCN1. The van der Waals surface area contributed by atoms with Gasteiger partial charge in [0.1, 0.15) is 0 Å². The third-order valence-corrected chi connectivity index (χ3v) is 3.59. The summed E-state index contributed by atoms with van der Waals surface area (Å²) in [6.07, 6.45) is -3.33. The van der Waals surface area contributed by atoms with E-state index in [1.165, 1.54) is 6.07 Å². The summed E-state index contributed by atoms with van der Waals surface area (Å²) >= 11 is 0. The maximum absolute atomic E-state index is 13.0. The zero-order valence-electron chi connectivity index (χ0n) is 11.9. The van der Waals surface area contributed by atoms with Crippen LogP contribution in [0.15, 0.2) is 24.3 Å². The van der Waals surface area contributed by atoms with Crippen molar-refractivity contribution in [2.45, 2.75) is 38.5 Å². The zero-order valence-corrected chi connectivity index (χ0v) is 11.9. The van der Waals surface area contributed by atoms with Crippen LogP contribution in [-0.2, 0) is 12.7 Å². The van der Waals surface area contributed by atoms with Crippen LogP contribution in [0.5, 0.6) is 0 Å². The molecule has 20 heavy (non-hydrogen) atoms. The fourth-order valence-corrected chi connectivity index (χ4v) is 2.73. The van der Waals surface area contributed by atoms with Crippen LogP contribution in [0, 0.1) is 0 Å². The van der Waals surface area contributed by atoms with Gasteiger partial charge in [-0.3, -0.25) is 4.90 Å². The maximum Gasteiger partial charge on any atom is 0.416 e. The van der Waals surface area contributed by atoms with E-state index < -0.39 is 11.7 Å². The van der Waals surface area contributed by atoms with Crippen LogP contribution in [0.25, 0.3) is 0 Å². The van der Waals surface area contributed by atoms with Crippen molar-refractivity contribution >= 4 is 0 Å². The fraction of sp³-hybridized carbons (Fsp3) is 0.600. The summed E-state index contributed by atoms with van der Waals surface area (Å²) in [4.78, 5) is 2.10. The van der Waals surface area contributed by atoms with Gasteiger partial charge in [-0.2, -0.15) is 13.2 Å². The van der Waals surface area contributed by atoms with E-state index in [-0.39, 0.29) is 5.54 Å². The number of benzene rings is 1. The molecule has 1 aromatic rings. The highest BCUT2D eigenvalue weighted by atomic mass is 19.4. The quantitative estimate of drug-likeness (QED) is 0.897. The molecule has 1 heterocycles. The molecule has 0 spiro atoms. The molecular formula is C15H21F3N2. The molecule has 2 rings (SSSR count). The first-order valence-electron chi connectivity index (χ1n) is 6.90. The lowest BCUT2D eigenvalue weighted by Crippen LogP contribution is -2.46. The van der Waals surface area contributed by atoms with Gasteiger partial charge >= 0.3 is 6.18 Å². The average Bonchev–Trinajstić information content (AvgIpc) is 2.49. The molecule has 1 aromatic carbocycles. The minimum atomic E-state index is -4.28. The van der Waals surface area contributed by atoms with Gasteiger partial charge in [0.2, 0.25) is 0 Å². The number of hydrogen-bond donors (Lipinski definition) is 1. The fourth-order valence-electron chi connectivity index (χ4n) is 2.73. The summed E-state index contributed by atoms with van der Waals surface area (Å²) in [6.45, 7) is 7.00. The molecule has 0 aliphatic carbocycles. The van der Waals surface area contributed by atoms with Gasteiger partial charge < -0.3 is 5.32 Å². The van der Waals surface area contributed by atoms with Gasteiger partial charge in [0, 0.05) is 18.6 Å². The van der Waals surface area contributed by atoms with Crippen molar-refractivity contribution < 1.29 is 13.2 Å². The number of rotatable bonds is 2. The van der Waals surface area contributed by atoms with Crippen molar-refractivity contribution in [2.75, 3.05) is 19.6 Å². The first-order valence-corrected chi connectivity index (χ1v) is 6.90. The van der Waals surface area contributed by atoms with Crippen LogP contribution in [0.1, 0.15) is 31.4 Å². The Morgan fingerprint density at radius 2 is 1.95 bits per heavy atom. The van der Waals surface area contributed by atoms with E-state index in [2.05, 4.69) is 24.1 Å². The summed E-state index contributed by atoms with van der Waals surface area (Å²) in [7, 11) is 0. The standard InChI is InChI=1S/C15H21F3N2/c1-14(2)11-20(9-5-8-19-14)10-12-6-3-4-7-13(12)15(16,17)18/h3-4,6-7,19H,5,8-11H2,1-2H3. The van der Waals surface area contributed by atoms with Gasteiger partial charge in [0.05, 0.1) is 5.56 Å². The van der Waals surface area contributed by atoms with Crippen molar-refractivity contribution in [3.8, 4) is 0 Å². The van der Waals surface area contributed by atoms with E-state index in [9.17, 15) is 13.2 Å². The molecule has 0 radical (unpaired) electrons. The highest BCUT2D eigenvalue weighted by Crippen LogP contribution is 2.32. The molecule has 0 aromatic heterocycles. The first-order chi connectivity index (χ1) is 9.28. The van der Waals surface area contributed by atoms with Crippen LogP contribution in [0.3, 0.4) is 0 Å². The Labute approximate surface area is 118 Å². The van der Waals surface area contributed by atoms with Crippen molar-refractivity contribution in [1.82, 2.24) is 10.2 Å². The lowest BCUT2D eigenvalue weighted by molar-refractivity contribution is -0.138. The van der Waals surface area contributed by atoms with Crippen LogP contribution < -0.4 is 5.32 Å². The molecule has 0 atom stereocenters. The molecule has 1 N–H and O–H groups in total. The molecule has 5 heteroatoms. The molecule has 0 amide bonds. The minimum absolute atomic E-state index is 0.0658. The summed E-state index contributed by atoms with van der Waals surface area (Å²) in [5.74, 6) is 0. The van der Waals surface area contributed by atoms with Crippen LogP contribution in [0.4, 0.5) is 13.2 Å². The zero-order chi connectivity index (χ0) is 14.8. The lowest BCUT2D eigenvalue weighted by atomic mass is 10.0. The molecule has 1 aliphatic heterocycles. The van der Waals surface area contributed by atoms with E-state index in [0.29, 0.717) is 12.1 Å². The van der Waals surface area contributed by atoms with Gasteiger partial charge in [-0.25, -0.2) is 0 Å². The monoisotopic (exact) mass is 286 g/mol. The Balaban J connectivity index is 2.17. The molecule has 0 saturated carbocycles. The van der Waals surface area contributed by atoms with E-state index in [4.69, 9.17) is 0 Å². The number of alkyl halides is 3. The second kappa shape index (κ2) is 5.74. The van der Waals surface area contributed by atoms with Crippen molar-refractivity contribution in [3.63, 3.8) is 0 Å². The van der Waals surface area contributed by atoms with Gasteiger partial charge in [0.15, 0.2) is 0 Å². The molecule has 0 unspecified atom stereocenters. The second-order valence-electron chi connectivity index (χ2n) is 6.03. The summed E-state index contributed by atoms with van der Waals surface area (Å²) < 4.78 is 39.0. The Hall–Kier alpha value is -1.07. The van der Waals surface area contributed by atoms with Gasteiger partial charge in [-0.1, -0.05) is 18.2 Å². The Bertz CT molecular complexity index is 455. The summed E-state index contributed by atoms with van der Waals surface area (Å²) in [6, 6.07) is 5.86. The number of nitrogens with one attached hydrogen (secondary N) is 1. The Morgan fingerprint density at radius 3 is 2.65 bits per heavy atom. The smallest absolute Gasteiger partial charge is 0.310 e. The largest absolute Gasteiger partial charge is 0.416 e. The molecule has 1 saturated heterocycles. The molecule has 1 aliphatic rings. The number of nitrogens with zero attached hydrogens (tertiary/aromatic N) is 1. The van der Waals surface area contributed by atoms with Gasteiger partial charge in [0.25, 0.3) is 0 Å². The lowest BCUT2D eigenvalue weighted by Gasteiger charge is -2.30. The third-order valence-electron chi connectivity index (χ3n) is 3.59. The van der Waals surface area contributed by atoms with Crippen molar-refractivity contribution in [2.24, 2.45) is 0 Å². The normalized spacial score (nSPS) is 20.6. The maximum atomic E-state index is 13.0. The van der Waals surface area contributed by atoms with E-state index in [1.807, 2.05) is 0 Å². The van der Waals surface area contributed by atoms with Crippen LogP contribution >= 0.6 is 0 Å². The van der Waals surface area contributed by atoms with E-state index in [1.54, 1.807) is 12.1 Å². The molecular weight excluding hydrogens is 265 g/mol. The third kappa shape index (κ3) is 3.96. The molecule has 0 bridgehead atoms. The predicted octanol–water partition coefficient (Wildman–Crippen LogP) is 3.28. The topological polar surface area (TPSA) is 15.3 Å². The minimum Gasteiger partial charge on any atom is -0.310 e. The van der Waals surface area contributed by atoms with E-state index >= 15 is 0 Å². The Morgan fingerprint density at radius 1 is 1.25 bits per heavy atom. The highest BCUT2D eigenvalue weighted by molar-refractivity contribution is 5.29. The van der Waals surface area contributed by atoms with Crippen LogP contribution in [0.2, 0.25) is 0 Å². The first kappa shape index (κ1) is 15.3. The highest BCUT2D eigenvalue weighted by Gasteiger charge is 2.33. The van der Waals surface area contributed by atoms with Gasteiger partial charge in [-0.05, 0) is 45.0 Å². The molecule has 1 fully saturated rings. The van der Waals surface area contributed by atoms with Crippen molar-refractivity contribution in [3.05, 3.63) is 35.4 Å². The van der Waals surface area contributed by atoms with Gasteiger partial charge in [-0.15, -0.1) is 0 Å². The average molecular weight is 286 g/mol.